The molecular weight excluding hydrogens is 947 g/mol. The van der Waals surface area contributed by atoms with Crippen LogP contribution in [-0.2, 0) is 4.79 Å². The number of rotatable bonds is 67. The lowest BCUT2D eigenvalue weighted by Crippen LogP contribution is -2.53. The third-order valence-corrected chi connectivity index (χ3v) is 17.2. The molecule has 0 saturated heterocycles. The zero-order valence-corrected chi connectivity index (χ0v) is 52.5. The molecule has 0 aromatic heterocycles. The molecule has 0 heterocycles. The van der Waals surface area contributed by atoms with E-state index in [4.69, 9.17) is 0 Å². The molecule has 4 unspecified atom stereocenters. The summed E-state index contributed by atoms with van der Waals surface area (Å²) in [5, 5.41) is 44.2. The molecule has 0 spiro atoms. The third kappa shape index (κ3) is 59.5. The normalized spacial score (nSPS) is 13.5. The van der Waals surface area contributed by atoms with E-state index in [9.17, 15) is 25.2 Å². The van der Waals surface area contributed by atoms with E-state index in [-0.39, 0.29) is 0 Å². The first-order chi connectivity index (χ1) is 38.0. The zero-order chi connectivity index (χ0) is 55.8. The van der Waals surface area contributed by atoms with Crippen molar-refractivity contribution in [3.8, 4) is 0 Å². The molecule has 0 saturated carbocycles. The quantitative estimate of drug-likeness (QED) is 0.0308. The summed E-state index contributed by atoms with van der Waals surface area (Å²) in [6, 6.07) is -1.00. The Bertz CT molecular complexity index is 1130. The van der Waals surface area contributed by atoms with Crippen molar-refractivity contribution in [1.82, 2.24) is 5.32 Å². The maximum atomic E-state index is 12.7. The van der Waals surface area contributed by atoms with Gasteiger partial charge in [-0.25, -0.2) is 0 Å². The van der Waals surface area contributed by atoms with Gasteiger partial charge in [-0.1, -0.05) is 379 Å². The maximum absolute atomic E-state index is 12.7. The van der Waals surface area contributed by atoms with E-state index >= 15 is 0 Å². The second-order valence-corrected chi connectivity index (χ2v) is 24.9. The Morgan fingerprint density at radius 3 is 0.779 bits per heavy atom. The summed E-state index contributed by atoms with van der Waals surface area (Å²) in [5.41, 5.74) is 0. The molecule has 460 valence electrons. The van der Waals surface area contributed by atoms with Gasteiger partial charge < -0.3 is 25.7 Å². The summed E-state index contributed by atoms with van der Waals surface area (Å²) >= 11 is 0. The van der Waals surface area contributed by atoms with E-state index in [1.807, 2.05) is 0 Å². The van der Waals surface area contributed by atoms with Gasteiger partial charge >= 0.3 is 0 Å². The largest absolute Gasteiger partial charge is 0.394 e. The molecule has 0 rings (SSSR count). The average molecular weight is 1090 g/mol. The van der Waals surface area contributed by atoms with Crippen molar-refractivity contribution in [3.63, 3.8) is 0 Å². The summed E-state index contributed by atoms with van der Waals surface area (Å²) < 4.78 is 0. The Kier molecular flexibility index (Phi) is 65.0. The smallest absolute Gasteiger partial charge is 0.249 e. The van der Waals surface area contributed by atoms with Crippen LogP contribution in [0.3, 0.4) is 0 Å². The van der Waals surface area contributed by atoms with Gasteiger partial charge in [-0.2, -0.15) is 0 Å². The number of nitrogens with one attached hydrogen (secondary N) is 1. The van der Waals surface area contributed by atoms with Crippen molar-refractivity contribution in [3.05, 3.63) is 12.2 Å². The lowest BCUT2D eigenvalue weighted by Gasteiger charge is -2.27. The number of carbonyl (C=O) groups is 1. The number of unbranched alkanes of at least 4 members (excludes halogenated alkanes) is 56. The van der Waals surface area contributed by atoms with Gasteiger partial charge in [0.25, 0.3) is 0 Å². The predicted octanol–water partition coefficient (Wildman–Crippen LogP) is 21.9. The Hall–Kier alpha value is -0.950. The molecule has 0 aromatic rings. The summed E-state index contributed by atoms with van der Waals surface area (Å²) in [5.74, 6) is -0.584. The summed E-state index contributed by atoms with van der Waals surface area (Å²) in [6.45, 7) is 4.11. The molecule has 77 heavy (non-hydrogen) atoms. The third-order valence-electron chi connectivity index (χ3n) is 17.2. The summed E-state index contributed by atoms with van der Waals surface area (Å²) in [4.78, 5) is 12.7. The minimum absolute atomic E-state index is 0.369. The number of amides is 1. The van der Waals surface area contributed by atoms with Crippen molar-refractivity contribution in [2.75, 3.05) is 6.61 Å². The average Bonchev–Trinajstić information content (AvgIpc) is 3.43. The van der Waals surface area contributed by atoms with Gasteiger partial charge in [0.1, 0.15) is 12.2 Å². The second kappa shape index (κ2) is 65.9. The van der Waals surface area contributed by atoms with Gasteiger partial charge in [0.2, 0.25) is 5.91 Å². The van der Waals surface area contributed by atoms with Crippen molar-refractivity contribution in [2.24, 2.45) is 0 Å². The zero-order valence-electron chi connectivity index (χ0n) is 52.5. The van der Waals surface area contributed by atoms with Crippen molar-refractivity contribution >= 4 is 5.91 Å². The van der Waals surface area contributed by atoms with Crippen LogP contribution in [0.25, 0.3) is 0 Å². The van der Waals surface area contributed by atoms with Crippen LogP contribution < -0.4 is 5.32 Å². The van der Waals surface area contributed by atoms with E-state index < -0.39 is 36.9 Å². The molecule has 6 heteroatoms. The molecule has 0 aliphatic carbocycles. The van der Waals surface area contributed by atoms with Crippen LogP contribution >= 0.6 is 0 Å². The van der Waals surface area contributed by atoms with Crippen LogP contribution in [0, 0.1) is 0 Å². The highest BCUT2D eigenvalue weighted by molar-refractivity contribution is 5.80. The molecule has 0 aromatic carbocycles. The molecule has 0 bridgehead atoms. The first kappa shape index (κ1) is 76.0. The van der Waals surface area contributed by atoms with Gasteiger partial charge in [0.15, 0.2) is 0 Å². The number of carbonyl (C=O) groups excluding carboxylic acids is 1. The number of aliphatic hydroxyl groups excluding tert-OH is 4. The van der Waals surface area contributed by atoms with Gasteiger partial charge in [0.05, 0.1) is 18.8 Å². The Labute approximate surface area is 482 Å². The number of hydrogen-bond acceptors (Lipinski definition) is 5. The fourth-order valence-corrected chi connectivity index (χ4v) is 11.7. The monoisotopic (exact) mass is 1090 g/mol. The van der Waals surface area contributed by atoms with Gasteiger partial charge in [0, 0.05) is 0 Å². The molecule has 6 nitrogen and oxygen atoms in total. The van der Waals surface area contributed by atoms with E-state index in [2.05, 4.69) is 31.3 Å². The Morgan fingerprint density at radius 1 is 0.312 bits per heavy atom. The van der Waals surface area contributed by atoms with Crippen molar-refractivity contribution in [1.29, 1.82) is 0 Å². The second-order valence-electron chi connectivity index (χ2n) is 24.9. The summed E-state index contributed by atoms with van der Waals surface area (Å²) in [7, 11) is 0. The molecule has 0 aliphatic heterocycles. The maximum Gasteiger partial charge on any atom is 0.249 e. The van der Waals surface area contributed by atoms with Crippen LogP contribution in [0.5, 0.6) is 0 Å². The first-order valence-corrected chi connectivity index (χ1v) is 35.6. The van der Waals surface area contributed by atoms with E-state index in [0.29, 0.717) is 12.8 Å². The van der Waals surface area contributed by atoms with E-state index in [0.717, 1.165) is 38.5 Å². The van der Waals surface area contributed by atoms with Gasteiger partial charge in [-0.3, -0.25) is 4.79 Å². The number of hydrogen-bond donors (Lipinski definition) is 5. The van der Waals surface area contributed by atoms with Gasteiger partial charge in [-0.05, 0) is 38.5 Å². The van der Waals surface area contributed by atoms with E-state index in [1.54, 1.807) is 0 Å². The predicted molar refractivity (Wildman–Crippen MR) is 339 cm³/mol. The standard InChI is InChI=1S/C71H141NO5/c1-3-5-7-9-11-13-15-17-19-21-23-25-27-29-31-32-33-34-35-36-37-39-41-43-45-47-49-51-53-55-57-59-61-63-65-69(75)71(77)72-67(66-73)70(76)68(74)64-62-60-58-56-54-52-50-48-46-44-42-40-38-30-28-26-24-22-20-18-16-14-12-10-8-6-4-2/h56,58,67-70,73-76H,3-55,57,59-66H2,1-2H3,(H,72,77)/b58-56+. The van der Waals surface area contributed by atoms with Crippen molar-refractivity contribution in [2.45, 2.75) is 430 Å². The molecular formula is C71H141NO5. The van der Waals surface area contributed by atoms with Crippen LogP contribution in [-0.4, -0.2) is 57.3 Å². The molecule has 4 atom stereocenters. The molecule has 0 fully saturated rings. The Balaban J connectivity index is 3.52. The fraction of sp³-hybridized carbons (Fsp3) is 0.958. The molecule has 0 radical (unpaired) electrons. The number of aliphatic hydroxyl groups is 4. The highest BCUT2D eigenvalue weighted by Gasteiger charge is 2.28. The van der Waals surface area contributed by atoms with Crippen LogP contribution in [0.2, 0.25) is 0 Å². The van der Waals surface area contributed by atoms with Crippen LogP contribution in [0.4, 0.5) is 0 Å². The van der Waals surface area contributed by atoms with Gasteiger partial charge in [-0.15, -0.1) is 0 Å². The molecule has 0 aliphatic rings. The summed E-state index contributed by atoms with van der Waals surface area (Å²) in [6.07, 6.45) is 82.1. The molecule has 1 amide bonds. The topological polar surface area (TPSA) is 110 Å². The first-order valence-electron chi connectivity index (χ1n) is 35.6. The molecule has 5 N–H and O–H groups in total. The highest BCUT2D eigenvalue weighted by atomic mass is 16.3. The van der Waals surface area contributed by atoms with Crippen LogP contribution in [0.1, 0.15) is 406 Å². The van der Waals surface area contributed by atoms with Crippen molar-refractivity contribution < 1.29 is 25.2 Å². The number of allylic oxidation sites excluding steroid dienone is 2. The Morgan fingerprint density at radius 2 is 0.532 bits per heavy atom. The van der Waals surface area contributed by atoms with E-state index in [1.165, 1.54) is 340 Å². The minimum atomic E-state index is -1.28. The lowest BCUT2D eigenvalue weighted by molar-refractivity contribution is -0.132. The lowest BCUT2D eigenvalue weighted by atomic mass is 10.00. The van der Waals surface area contributed by atoms with Crippen LogP contribution in [0.15, 0.2) is 12.2 Å². The minimum Gasteiger partial charge on any atom is -0.394 e. The SMILES string of the molecule is CCCCCCCCCCCCCCCCCCCCCCCC/C=C/CCCC(O)C(O)C(CO)NC(=O)C(O)CCCCCCCCCCCCCCCCCCCCCCCCCCCCCCCCCCCC. The fourth-order valence-electron chi connectivity index (χ4n) is 11.7. The highest BCUT2D eigenvalue weighted by Crippen LogP contribution is 2.20.